The van der Waals surface area contributed by atoms with Crippen LogP contribution in [-0.4, -0.2) is 14.7 Å². The number of hydrogen-bond acceptors (Lipinski definition) is 3. The Morgan fingerprint density at radius 2 is 2.06 bits per heavy atom. The van der Waals surface area contributed by atoms with Crippen LogP contribution in [0.5, 0.6) is 0 Å². The summed E-state index contributed by atoms with van der Waals surface area (Å²) in [6, 6.07) is 5.28. The molecule has 18 heavy (non-hydrogen) atoms. The van der Waals surface area contributed by atoms with E-state index in [1.165, 1.54) is 0 Å². The quantitative estimate of drug-likeness (QED) is 0.922. The Labute approximate surface area is 114 Å². The molecular weight excluding hydrogens is 273 g/mol. The summed E-state index contributed by atoms with van der Waals surface area (Å²) in [6.07, 6.45) is -0.0361. The minimum atomic E-state index is -1.30. The Hall–Kier alpha value is -1.28. The van der Waals surface area contributed by atoms with Crippen molar-refractivity contribution in [2.24, 2.45) is 7.05 Å². The summed E-state index contributed by atoms with van der Waals surface area (Å²) >= 11 is 11.9. The number of aromatic nitrogens is 2. The number of halogens is 2. The van der Waals surface area contributed by atoms with Crippen molar-refractivity contribution < 1.29 is 5.11 Å². The molecule has 0 aliphatic rings. The SMILES string of the molecule is Cn1c(C(C)(O)CC#N)nc2cc(Cl)c(Cl)cc21. The number of rotatable bonds is 2. The maximum atomic E-state index is 10.2. The lowest BCUT2D eigenvalue weighted by Gasteiger charge is -2.19. The lowest BCUT2D eigenvalue weighted by molar-refractivity contribution is 0.0505. The van der Waals surface area contributed by atoms with Gasteiger partial charge in [0.25, 0.3) is 0 Å². The van der Waals surface area contributed by atoms with E-state index >= 15 is 0 Å². The molecule has 2 rings (SSSR count). The van der Waals surface area contributed by atoms with E-state index in [2.05, 4.69) is 4.98 Å². The fraction of sp³-hybridized carbons (Fsp3) is 0.333. The third-order valence-electron chi connectivity index (χ3n) is 2.83. The van der Waals surface area contributed by atoms with E-state index in [1.54, 1.807) is 30.7 Å². The summed E-state index contributed by atoms with van der Waals surface area (Å²) in [7, 11) is 1.76. The van der Waals surface area contributed by atoms with E-state index in [0.717, 1.165) is 5.52 Å². The maximum Gasteiger partial charge on any atom is 0.142 e. The van der Waals surface area contributed by atoms with Crippen molar-refractivity contribution in [2.75, 3.05) is 0 Å². The number of aryl methyl sites for hydroxylation is 1. The van der Waals surface area contributed by atoms with E-state index in [9.17, 15) is 5.11 Å². The molecule has 1 aromatic heterocycles. The van der Waals surface area contributed by atoms with E-state index in [1.807, 2.05) is 6.07 Å². The summed E-state index contributed by atoms with van der Waals surface area (Å²) in [5, 5.41) is 19.8. The second-order valence-corrected chi connectivity index (χ2v) is 5.17. The Bertz CT molecular complexity index is 655. The van der Waals surface area contributed by atoms with Crippen LogP contribution in [0.2, 0.25) is 10.0 Å². The molecule has 2 aromatic rings. The molecule has 0 saturated carbocycles. The molecule has 0 spiro atoms. The first-order valence-corrected chi connectivity index (χ1v) is 6.03. The lowest BCUT2D eigenvalue weighted by Crippen LogP contribution is -2.24. The molecule has 1 aromatic carbocycles. The molecule has 0 fully saturated rings. The van der Waals surface area contributed by atoms with Gasteiger partial charge in [0, 0.05) is 7.05 Å². The molecule has 0 radical (unpaired) electrons. The van der Waals surface area contributed by atoms with Gasteiger partial charge in [-0.1, -0.05) is 23.2 Å². The van der Waals surface area contributed by atoms with Gasteiger partial charge in [0.1, 0.15) is 11.4 Å². The number of benzene rings is 1. The van der Waals surface area contributed by atoms with Crippen molar-refractivity contribution in [3.8, 4) is 6.07 Å². The summed E-state index contributed by atoms with van der Waals surface area (Å²) in [5.74, 6) is 0.414. The Morgan fingerprint density at radius 3 is 2.67 bits per heavy atom. The van der Waals surface area contributed by atoms with Crippen molar-refractivity contribution >= 4 is 34.2 Å². The molecule has 1 N–H and O–H groups in total. The molecule has 94 valence electrons. The first-order valence-electron chi connectivity index (χ1n) is 5.28. The molecular formula is C12H11Cl2N3O. The molecule has 1 unspecified atom stereocenters. The standard InChI is InChI=1S/C12H11Cl2N3O/c1-12(18,3-4-15)11-16-9-5-7(13)8(14)6-10(9)17(11)2/h5-6,18H,3H2,1-2H3. The van der Waals surface area contributed by atoms with Crippen LogP contribution >= 0.6 is 23.2 Å². The van der Waals surface area contributed by atoms with Crippen molar-refractivity contribution in [3.05, 3.63) is 28.0 Å². The summed E-state index contributed by atoms with van der Waals surface area (Å²) in [5.41, 5.74) is 0.0966. The van der Waals surface area contributed by atoms with Gasteiger partial charge in [-0.25, -0.2) is 4.98 Å². The topological polar surface area (TPSA) is 61.8 Å². The average molecular weight is 284 g/mol. The molecule has 0 aliphatic heterocycles. The largest absolute Gasteiger partial charge is 0.381 e. The highest BCUT2D eigenvalue weighted by Crippen LogP contribution is 2.31. The average Bonchev–Trinajstić information content (AvgIpc) is 2.58. The van der Waals surface area contributed by atoms with Gasteiger partial charge in [-0.3, -0.25) is 0 Å². The van der Waals surface area contributed by atoms with Crippen molar-refractivity contribution in [1.29, 1.82) is 5.26 Å². The van der Waals surface area contributed by atoms with Crippen LogP contribution < -0.4 is 0 Å². The molecule has 0 aliphatic carbocycles. The highest BCUT2D eigenvalue weighted by atomic mass is 35.5. The van der Waals surface area contributed by atoms with Gasteiger partial charge < -0.3 is 9.67 Å². The fourth-order valence-corrected chi connectivity index (χ4v) is 2.22. The molecule has 1 atom stereocenters. The molecule has 1 heterocycles. The van der Waals surface area contributed by atoms with Crippen molar-refractivity contribution in [2.45, 2.75) is 18.9 Å². The van der Waals surface area contributed by atoms with Gasteiger partial charge in [-0.05, 0) is 19.1 Å². The molecule has 0 saturated heterocycles. The minimum Gasteiger partial charge on any atom is -0.381 e. The lowest BCUT2D eigenvalue weighted by atomic mass is 10.0. The minimum absolute atomic E-state index is 0.0361. The zero-order valence-electron chi connectivity index (χ0n) is 9.91. The number of nitrogens with zero attached hydrogens (tertiary/aromatic N) is 3. The predicted molar refractivity (Wildman–Crippen MR) is 70.5 cm³/mol. The monoisotopic (exact) mass is 283 g/mol. The van der Waals surface area contributed by atoms with Gasteiger partial charge in [0.15, 0.2) is 0 Å². The zero-order chi connectivity index (χ0) is 13.5. The first-order chi connectivity index (χ1) is 8.36. The van der Waals surface area contributed by atoms with Gasteiger partial charge in [0.05, 0.1) is 33.6 Å². The highest BCUT2D eigenvalue weighted by Gasteiger charge is 2.29. The zero-order valence-corrected chi connectivity index (χ0v) is 11.4. The van der Waals surface area contributed by atoms with Crippen LogP contribution in [-0.2, 0) is 12.6 Å². The van der Waals surface area contributed by atoms with Gasteiger partial charge in [-0.2, -0.15) is 5.26 Å². The van der Waals surface area contributed by atoms with Gasteiger partial charge in [-0.15, -0.1) is 0 Å². The molecule has 6 heteroatoms. The van der Waals surface area contributed by atoms with E-state index in [4.69, 9.17) is 28.5 Å². The summed E-state index contributed by atoms with van der Waals surface area (Å²) in [4.78, 5) is 4.32. The highest BCUT2D eigenvalue weighted by molar-refractivity contribution is 6.42. The van der Waals surface area contributed by atoms with E-state index in [0.29, 0.717) is 21.4 Å². The molecule has 0 bridgehead atoms. The number of nitriles is 1. The second-order valence-electron chi connectivity index (χ2n) is 4.36. The van der Waals surface area contributed by atoms with Crippen LogP contribution in [0.15, 0.2) is 12.1 Å². The third-order valence-corrected chi connectivity index (χ3v) is 3.55. The van der Waals surface area contributed by atoms with Crippen LogP contribution in [0.25, 0.3) is 11.0 Å². The number of imidazole rings is 1. The normalized spacial score (nSPS) is 14.4. The van der Waals surface area contributed by atoms with E-state index < -0.39 is 5.60 Å². The third kappa shape index (κ3) is 2.05. The van der Waals surface area contributed by atoms with Crippen LogP contribution in [0.3, 0.4) is 0 Å². The molecule has 0 amide bonds. The Kier molecular flexibility index (Phi) is 3.24. The number of hydrogen-bond donors (Lipinski definition) is 1. The predicted octanol–water partition coefficient (Wildman–Crippen LogP) is 3.00. The van der Waals surface area contributed by atoms with Gasteiger partial charge >= 0.3 is 0 Å². The van der Waals surface area contributed by atoms with Crippen LogP contribution in [0.4, 0.5) is 0 Å². The number of aliphatic hydroxyl groups is 1. The van der Waals surface area contributed by atoms with Crippen LogP contribution in [0, 0.1) is 11.3 Å². The Balaban J connectivity index is 2.69. The van der Waals surface area contributed by atoms with Crippen molar-refractivity contribution in [1.82, 2.24) is 9.55 Å². The van der Waals surface area contributed by atoms with E-state index in [-0.39, 0.29) is 6.42 Å². The second kappa shape index (κ2) is 4.43. The Morgan fingerprint density at radius 1 is 1.44 bits per heavy atom. The maximum absolute atomic E-state index is 10.2. The molecule has 4 nitrogen and oxygen atoms in total. The summed E-state index contributed by atoms with van der Waals surface area (Å²) in [6.45, 7) is 1.56. The number of fused-ring (bicyclic) bond motifs is 1. The van der Waals surface area contributed by atoms with Crippen molar-refractivity contribution in [3.63, 3.8) is 0 Å². The summed E-state index contributed by atoms with van der Waals surface area (Å²) < 4.78 is 1.72. The van der Waals surface area contributed by atoms with Crippen LogP contribution in [0.1, 0.15) is 19.2 Å². The first kappa shape index (κ1) is 13.2. The van der Waals surface area contributed by atoms with Gasteiger partial charge in [0.2, 0.25) is 0 Å². The fourth-order valence-electron chi connectivity index (χ4n) is 1.90. The smallest absolute Gasteiger partial charge is 0.142 e.